The SMILES string of the molecule is OCCCNc1nc(CN2CCCCC2)nc2sc3c(c12)CCCC3. The molecule has 0 radical (unpaired) electrons. The quantitative estimate of drug-likeness (QED) is 0.774. The number of aliphatic hydroxyl groups is 1. The van der Waals surface area contributed by atoms with Crippen LogP contribution in [0.3, 0.4) is 0 Å². The van der Waals surface area contributed by atoms with Crippen molar-refractivity contribution in [3.05, 3.63) is 16.3 Å². The highest BCUT2D eigenvalue weighted by molar-refractivity contribution is 7.19. The molecule has 1 aliphatic heterocycles. The van der Waals surface area contributed by atoms with Crippen LogP contribution in [-0.4, -0.2) is 46.2 Å². The Bertz CT molecular complexity index is 724. The van der Waals surface area contributed by atoms with Crippen LogP contribution in [0, 0.1) is 0 Å². The van der Waals surface area contributed by atoms with Gasteiger partial charge in [-0.2, -0.15) is 0 Å². The molecule has 5 nitrogen and oxygen atoms in total. The van der Waals surface area contributed by atoms with Crippen molar-refractivity contribution in [1.82, 2.24) is 14.9 Å². The van der Waals surface area contributed by atoms with E-state index in [-0.39, 0.29) is 6.61 Å². The number of piperidine rings is 1. The van der Waals surface area contributed by atoms with E-state index in [0.717, 1.165) is 55.5 Å². The van der Waals surface area contributed by atoms with Crippen molar-refractivity contribution in [3.63, 3.8) is 0 Å². The van der Waals surface area contributed by atoms with E-state index in [9.17, 15) is 0 Å². The lowest BCUT2D eigenvalue weighted by atomic mass is 9.97. The predicted molar refractivity (Wildman–Crippen MR) is 103 cm³/mol. The summed E-state index contributed by atoms with van der Waals surface area (Å²) in [5.41, 5.74) is 1.47. The minimum atomic E-state index is 0.212. The highest BCUT2D eigenvalue weighted by atomic mass is 32.1. The maximum atomic E-state index is 9.10. The van der Waals surface area contributed by atoms with Gasteiger partial charge in [0.05, 0.1) is 11.9 Å². The Kier molecular flexibility index (Phi) is 5.48. The normalized spacial score (nSPS) is 18.4. The molecule has 2 N–H and O–H groups in total. The number of anilines is 1. The molecular weight excluding hydrogens is 332 g/mol. The number of rotatable bonds is 6. The van der Waals surface area contributed by atoms with E-state index in [0.29, 0.717) is 0 Å². The van der Waals surface area contributed by atoms with E-state index in [2.05, 4.69) is 10.2 Å². The molecule has 0 unspecified atom stereocenters. The van der Waals surface area contributed by atoms with Crippen molar-refractivity contribution in [2.24, 2.45) is 0 Å². The number of aliphatic hydroxyl groups excluding tert-OH is 1. The number of fused-ring (bicyclic) bond motifs is 3. The van der Waals surface area contributed by atoms with Crippen LogP contribution in [0.4, 0.5) is 5.82 Å². The zero-order chi connectivity index (χ0) is 17.1. The number of aryl methyl sites for hydroxylation is 2. The summed E-state index contributed by atoms with van der Waals surface area (Å²) in [5, 5.41) is 13.8. The largest absolute Gasteiger partial charge is 0.396 e. The van der Waals surface area contributed by atoms with Crippen molar-refractivity contribution in [2.75, 3.05) is 31.6 Å². The topological polar surface area (TPSA) is 61.3 Å². The predicted octanol–water partition coefficient (Wildman–Crippen LogP) is 3.35. The monoisotopic (exact) mass is 360 g/mol. The Morgan fingerprint density at radius 1 is 1.04 bits per heavy atom. The van der Waals surface area contributed by atoms with E-state index in [1.807, 2.05) is 11.3 Å². The second kappa shape index (κ2) is 7.98. The lowest BCUT2D eigenvalue weighted by Gasteiger charge is -2.25. The van der Waals surface area contributed by atoms with Gasteiger partial charge in [0, 0.05) is 18.0 Å². The highest BCUT2D eigenvalue weighted by Crippen LogP contribution is 2.38. The first-order valence-electron chi connectivity index (χ1n) is 9.73. The third-order valence-corrected chi connectivity index (χ3v) is 6.49. The Balaban J connectivity index is 1.66. The summed E-state index contributed by atoms with van der Waals surface area (Å²) in [5.74, 6) is 1.93. The fourth-order valence-corrected chi connectivity index (χ4v) is 5.28. The number of nitrogens with zero attached hydrogens (tertiary/aromatic N) is 3. The van der Waals surface area contributed by atoms with Gasteiger partial charge in [-0.05, 0) is 63.6 Å². The van der Waals surface area contributed by atoms with Crippen molar-refractivity contribution in [1.29, 1.82) is 0 Å². The Morgan fingerprint density at radius 3 is 2.72 bits per heavy atom. The molecule has 2 aromatic rings. The zero-order valence-electron chi connectivity index (χ0n) is 14.9. The summed E-state index contributed by atoms with van der Waals surface area (Å²) in [7, 11) is 0. The third kappa shape index (κ3) is 3.81. The summed E-state index contributed by atoms with van der Waals surface area (Å²) >= 11 is 1.87. The van der Waals surface area contributed by atoms with Gasteiger partial charge in [0.15, 0.2) is 0 Å². The molecule has 0 atom stereocenters. The van der Waals surface area contributed by atoms with E-state index in [1.165, 1.54) is 54.4 Å². The van der Waals surface area contributed by atoms with E-state index < -0.39 is 0 Å². The van der Waals surface area contributed by atoms with Crippen LogP contribution in [0.5, 0.6) is 0 Å². The van der Waals surface area contributed by atoms with Gasteiger partial charge < -0.3 is 10.4 Å². The first-order valence-corrected chi connectivity index (χ1v) is 10.5. The van der Waals surface area contributed by atoms with Gasteiger partial charge in [0.2, 0.25) is 0 Å². The van der Waals surface area contributed by atoms with Crippen molar-refractivity contribution >= 4 is 27.4 Å². The minimum absolute atomic E-state index is 0.212. The molecule has 1 aliphatic carbocycles. The minimum Gasteiger partial charge on any atom is -0.396 e. The number of hydrogen-bond donors (Lipinski definition) is 2. The van der Waals surface area contributed by atoms with E-state index >= 15 is 0 Å². The molecule has 3 heterocycles. The number of aromatic nitrogens is 2. The second-order valence-corrected chi connectivity index (χ2v) is 8.30. The molecule has 0 spiro atoms. The van der Waals surface area contributed by atoms with Crippen LogP contribution in [-0.2, 0) is 19.4 Å². The van der Waals surface area contributed by atoms with Crippen LogP contribution in [0.15, 0.2) is 0 Å². The molecule has 136 valence electrons. The summed E-state index contributed by atoms with van der Waals surface area (Å²) < 4.78 is 0. The summed E-state index contributed by atoms with van der Waals surface area (Å²) in [6, 6.07) is 0. The first kappa shape index (κ1) is 17.2. The van der Waals surface area contributed by atoms with E-state index in [1.54, 1.807) is 0 Å². The van der Waals surface area contributed by atoms with Crippen molar-refractivity contribution in [3.8, 4) is 0 Å². The van der Waals surface area contributed by atoms with Gasteiger partial charge in [-0.25, -0.2) is 9.97 Å². The van der Waals surface area contributed by atoms with Gasteiger partial charge in [0.1, 0.15) is 16.5 Å². The number of hydrogen-bond acceptors (Lipinski definition) is 6. The van der Waals surface area contributed by atoms with E-state index in [4.69, 9.17) is 15.1 Å². The Morgan fingerprint density at radius 2 is 1.88 bits per heavy atom. The highest BCUT2D eigenvalue weighted by Gasteiger charge is 2.22. The summed E-state index contributed by atoms with van der Waals surface area (Å²) in [6.45, 7) is 4.15. The van der Waals surface area contributed by atoms with Gasteiger partial charge in [-0.15, -0.1) is 11.3 Å². The Labute approximate surface area is 153 Å². The molecule has 4 rings (SSSR count). The van der Waals surface area contributed by atoms with Crippen LogP contribution in [0.25, 0.3) is 10.2 Å². The maximum absolute atomic E-state index is 9.10. The second-order valence-electron chi connectivity index (χ2n) is 7.22. The van der Waals surface area contributed by atoms with Crippen LogP contribution < -0.4 is 5.32 Å². The summed E-state index contributed by atoms with van der Waals surface area (Å²) in [6.07, 6.45) is 9.58. The fourth-order valence-electron chi connectivity index (χ4n) is 4.00. The lowest BCUT2D eigenvalue weighted by Crippen LogP contribution is -2.30. The standard InChI is InChI=1S/C19H28N4OS/c24-12-6-9-20-18-17-14-7-2-3-8-15(14)25-19(17)22-16(21-18)13-23-10-4-1-5-11-23/h24H,1-13H2,(H,20,21,22). The molecule has 6 heteroatoms. The average molecular weight is 361 g/mol. The average Bonchev–Trinajstić information content (AvgIpc) is 3.01. The van der Waals surface area contributed by atoms with Gasteiger partial charge in [-0.1, -0.05) is 6.42 Å². The molecule has 0 aromatic carbocycles. The molecule has 25 heavy (non-hydrogen) atoms. The zero-order valence-corrected chi connectivity index (χ0v) is 15.7. The number of likely N-dealkylation sites (tertiary alicyclic amines) is 1. The molecule has 0 saturated carbocycles. The third-order valence-electron chi connectivity index (χ3n) is 5.30. The fraction of sp³-hybridized carbons (Fsp3) is 0.684. The number of nitrogens with one attached hydrogen (secondary N) is 1. The van der Waals surface area contributed by atoms with Gasteiger partial charge in [-0.3, -0.25) is 4.90 Å². The molecule has 1 saturated heterocycles. The smallest absolute Gasteiger partial charge is 0.146 e. The molecule has 0 amide bonds. The molecule has 2 aliphatic rings. The molecule has 1 fully saturated rings. The lowest BCUT2D eigenvalue weighted by molar-refractivity contribution is 0.216. The summed E-state index contributed by atoms with van der Waals surface area (Å²) in [4.78, 5) is 15.0. The first-order chi connectivity index (χ1) is 12.3. The number of thiophene rings is 1. The van der Waals surface area contributed by atoms with Crippen molar-refractivity contribution in [2.45, 2.75) is 57.9 Å². The molecule has 0 bridgehead atoms. The maximum Gasteiger partial charge on any atom is 0.146 e. The van der Waals surface area contributed by atoms with Crippen LogP contribution >= 0.6 is 11.3 Å². The van der Waals surface area contributed by atoms with Crippen LogP contribution in [0.2, 0.25) is 0 Å². The molecular formula is C19H28N4OS. The van der Waals surface area contributed by atoms with Gasteiger partial charge >= 0.3 is 0 Å². The van der Waals surface area contributed by atoms with Crippen LogP contribution in [0.1, 0.15) is 54.8 Å². The van der Waals surface area contributed by atoms with Gasteiger partial charge in [0.25, 0.3) is 0 Å². The van der Waals surface area contributed by atoms with Crippen molar-refractivity contribution < 1.29 is 5.11 Å². The molecule has 2 aromatic heterocycles. The Hall–Kier alpha value is -1.24.